The normalized spacial score (nSPS) is 11.5. The zero-order chi connectivity index (χ0) is 25.3. The molecule has 0 radical (unpaired) electrons. The van der Waals surface area contributed by atoms with Crippen LogP contribution in [0.4, 0.5) is 17.1 Å². The minimum Gasteiger partial charge on any atom is -0.465 e. The van der Waals surface area contributed by atoms with Gasteiger partial charge in [0.25, 0.3) is 5.69 Å². The third kappa shape index (κ3) is 7.58. The second-order valence-electron chi connectivity index (χ2n) is 7.07. The van der Waals surface area contributed by atoms with Crippen molar-refractivity contribution in [3.63, 3.8) is 0 Å². The molecule has 0 atom stereocenters. The van der Waals surface area contributed by atoms with Crippen LogP contribution in [0, 0.1) is 20.2 Å². The smallest absolute Gasteiger partial charge is 0.331 e. The summed E-state index contributed by atoms with van der Waals surface area (Å²) in [7, 11) is -4.02. The lowest BCUT2D eigenvalue weighted by atomic mass is 10.2. The standard InChI is InChI=1S/C19H28N3O10P/c1-7-29-18(23)17(19(24)30-8-2)33(31-12(3)4,32-13(5)6)20-15-10-9-14(21(25)26)11-16(15)22(27)28/h9-13,17H,7-8H2,1-6H3. The molecule has 184 valence electrons. The van der Waals surface area contributed by atoms with Crippen LogP contribution >= 0.6 is 7.51 Å². The van der Waals surface area contributed by atoms with E-state index in [0.29, 0.717) is 0 Å². The molecule has 14 heteroatoms. The van der Waals surface area contributed by atoms with E-state index in [9.17, 15) is 29.8 Å². The predicted octanol–water partition coefficient (Wildman–Crippen LogP) is 4.51. The molecular formula is C19H28N3O10P. The molecule has 1 rings (SSSR count). The first-order chi connectivity index (χ1) is 15.4. The molecule has 0 aliphatic heterocycles. The van der Waals surface area contributed by atoms with Crippen molar-refractivity contribution in [2.24, 2.45) is 4.74 Å². The van der Waals surface area contributed by atoms with Crippen molar-refractivity contribution in [1.29, 1.82) is 0 Å². The Morgan fingerprint density at radius 2 is 1.42 bits per heavy atom. The quantitative estimate of drug-likeness (QED) is 0.134. The number of hydrogen-bond acceptors (Lipinski definition) is 11. The van der Waals surface area contributed by atoms with Gasteiger partial charge in [0.2, 0.25) is 13.2 Å². The number of hydrogen-bond donors (Lipinski definition) is 0. The summed E-state index contributed by atoms with van der Waals surface area (Å²) in [4.78, 5) is 46.8. The number of nitro benzene ring substituents is 2. The Morgan fingerprint density at radius 1 is 0.939 bits per heavy atom. The monoisotopic (exact) mass is 489 g/mol. The molecule has 0 spiro atoms. The van der Waals surface area contributed by atoms with Crippen LogP contribution in [0.25, 0.3) is 0 Å². The van der Waals surface area contributed by atoms with Crippen LogP contribution in [-0.2, 0) is 28.1 Å². The van der Waals surface area contributed by atoms with Crippen LogP contribution in [0.15, 0.2) is 22.9 Å². The molecule has 33 heavy (non-hydrogen) atoms. The van der Waals surface area contributed by atoms with Gasteiger partial charge in [-0.05, 0) is 47.6 Å². The van der Waals surface area contributed by atoms with Crippen molar-refractivity contribution in [2.75, 3.05) is 13.2 Å². The van der Waals surface area contributed by atoms with E-state index in [1.165, 1.54) is 13.8 Å². The van der Waals surface area contributed by atoms with Crippen molar-refractivity contribution in [1.82, 2.24) is 0 Å². The highest BCUT2D eigenvalue weighted by atomic mass is 31.2. The molecule has 1 aromatic rings. The van der Waals surface area contributed by atoms with Gasteiger partial charge in [-0.3, -0.25) is 29.8 Å². The summed E-state index contributed by atoms with van der Waals surface area (Å²) in [5.74, 6) is -2.06. The maximum absolute atomic E-state index is 12.9. The molecule has 0 unspecified atom stereocenters. The first-order valence-electron chi connectivity index (χ1n) is 10.1. The fourth-order valence-corrected chi connectivity index (χ4v) is 5.53. The largest absolute Gasteiger partial charge is 0.465 e. The molecule has 0 heterocycles. The number of non-ortho nitro benzene ring substituents is 1. The van der Waals surface area contributed by atoms with E-state index in [1.807, 2.05) is 0 Å². The average molecular weight is 489 g/mol. The number of carbonyl (C=O) groups is 2. The van der Waals surface area contributed by atoms with E-state index < -0.39 is 58.5 Å². The molecule has 0 fully saturated rings. The molecule has 13 nitrogen and oxygen atoms in total. The minimum absolute atomic E-state index is 0.0736. The second kappa shape index (κ2) is 12.4. The number of rotatable bonds is 12. The molecule has 0 bridgehead atoms. The van der Waals surface area contributed by atoms with Gasteiger partial charge in [-0.2, -0.15) is 0 Å². The predicted molar refractivity (Wildman–Crippen MR) is 118 cm³/mol. The van der Waals surface area contributed by atoms with Crippen molar-refractivity contribution in [3.05, 3.63) is 38.4 Å². The molecule has 0 amide bonds. The van der Waals surface area contributed by atoms with E-state index in [4.69, 9.17) is 18.5 Å². The fourth-order valence-electron chi connectivity index (χ4n) is 2.67. The van der Waals surface area contributed by atoms with Gasteiger partial charge in [-0.15, -0.1) is 0 Å². The fraction of sp³-hybridized carbons (Fsp3) is 0.579. The Balaban J connectivity index is 4.03. The molecule has 0 saturated carbocycles. The topological polar surface area (TPSA) is 170 Å². The summed E-state index contributed by atoms with van der Waals surface area (Å²) < 4.78 is 26.3. The van der Waals surface area contributed by atoms with Crippen LogP contribution in [-0.4, -0.2) is 52.9 Å². The maximum Gasteiger partial charge on any atom is 0.331 e. The lowest BCUT2D eigenvalue weighted by Gasteiger charge is -2.32. The third-order valence-corrected chi connectivity index (χ3v) is 6.70. The Kier molecular flexibility index (Phi) is 10.6. The average Bonchev–Trinajstić information content (AvgIpc) is 2.67. The highest BCUT2D eigenvalue weighted by Crippen LogP contribution is 2.61. The summed E-state index contributed by atoms with van der Waals surface area (Å²) >= 11 is 0. The number of nitro groups is 2. The van der Waals surface area contributed by atoms with E-state index in [2.05, 4.69) is 4.74 Å². The molecule has 1 aromatic carbocycles. The first-order valence-corrected chi connectivity index (χ1v) is 11.8. The minimum atomic E-state index is -4.02. The summed E-state index contributed by atoms with van der Waals surface area (Å²) in [5.41, 5.74) is -3.41. The van der Waals surface area contributed by atoms with Gasteiger partial charge in [-0.25, -0.2) is 4.74 Å². The van der Waals surface area contributed by atoms with E-state index in [0.717, 1.165) is 18.2 Å². The Hall–Kier alpha value is -2.89. The number of benzene rings is 1. The first kappa shape index (κ1) is 28.1. The maximum atomic E-state index is 12.9. The van der Waals surface area contributed by atoms with E-state index in [-0.39, 0.29) is 18.9 Å². The highest BCUT2D eigenvalue weighted by molar-refractivity contribution is 7.59. The summed E-state index contributed by atoms with van der Waals surface area (Å²) in [6.45, 7) is 9.33. The van der Waals surface area contributed by atoms with Crippen LogP contribution in [0.1, 0.15) is 41.5 Å². The van der Waals surface area contributed by atoms with Gasteiger partial charge in [0.1, 0.15) is 5.69 Å². The zero-order valence-electron chi connectivity index (χ0n) is 19.2. The van der Waals surface area contributed by atoms with Crippen LogP contribution < -0.4 is 0 Å². The summed E-state index contributed by atoms with van der Waals surface area (Å²) in [6, 6.07) is 2.77. The van der Waals surface area contributed by atoms with Gasteiger partial charge >= 0.3 is 17.6 Å². The highest BCUT2D eigenvalue weighted by Gasteiger charge is 2.48. The summed E-state index contributed by atoms with van der Waals surface area (Å²) in [5, 5.41) is 22.7. The van der Waals surface area contributed by atoms with Crippen LogP contribution in [0.2, 0.25) is 0 Å². The van der Waals surface area contributed by atoms with E-state index >= 15 is 0 Å². The Bertz CT molecular complexity index is 916. The van der Waals surface area contributed by atoms with Crippen molar-refractivity contribution in [3.8, 4) is 0 Å². The SMILES string of the molecule is CCOC(=O)C(C(=O)OCC)P(=Nc1ccc([N+](=O)[O-])cc1[N+](=O)[O-])(OC(C)C)OC(C)C. The zero-order valence-corrected chi connectivity index (χ0v) is 20.1. The van der Waals surface area contributed by atoms with Crippen molar-refractivity contribution in [2.45, 2.75) is 59.4 Å². The summed E-state index contributed by atoms with van der Waals surface area (Å²) in [6.07, 6.45) is -1.27. The molecule has 0 aromatic heterocycles. The number of ether oxygens (including phenoxy) is 2. The van der Waals surface area contributed by atoms with Gasteiger partial charge in [0.15, 0.2) is 0 Å². The van der Waals surface area contributed by atoms with Crippen LogP contribution in [0.3, 0.4) is 0 Å². The Morgan fingerprint density at radius 3 is 1.79 bits per heavy atom. The molecule has 0 aliphatic carbocycles. The Labute approximate surface area is 190 Å². The van der Waals surface area contributed by atoms with Crippen molar-refractivity contribution < 1.29 is 38.0 Å². The van der Waals surface area contributed by atoms with Crippen molar-refractivity contribution >= 4 is 36.5 Å². The van der Waals surface area contributed by atoms with E-state index in [1.54, 1.807) is 27.7 Å². The lowest BCUT2D eigenvalue weighted by Crippen LogP contribution is -2.36. The molecular weight excluding hydrogens is 461 g/mol. The van der Waals surface area contributed by atoms with Gasteiger partial charge < -0.3 is 18.5 Å². The van der Waals surface area contributed by atoms with Gasteiger partial charge in [0.05, 0.1) is 41.3 Å². The lowest BCUT2D eigenvalue weighted by molar-refractivity contribution is -0.393. The third-order valence-electron chi connectivity index (χ3n) is 3.68. The van der Waals surface area contributed by atoms with Gasteiger partial charge in [-0.1, -0.05) is 0 Å². The number of esters is 2. The molecule has 0 N–H and O–H groups in total. The number of carbonyl (C=O) groups excluding carboxylic acids is 2. The second-order valence-corrected chi connectivity index (χ2v) is 9.33. The molecule has 0 aliphatic rings. The number of nitrogens with zero attached hydrogens (tertiary/aromatic N) is 3. The molecule has 0 saturated heterocycles. The van der Waals surface area contributed by atoms with Gasteiger partial charge in [0, 0.05) is 6.07 Å². The van der Waals surface area contributed by atoms with Crippen LogP contribution in [0.5, 0.6) is 0 Å².